The van der Waals surface area contributed by atoms with E-state index in [9.17, 15) is 5.11 Å². The molecule has 0 radical (unpaired) electrons. The van der Waals surface area contributed by atoms with Crippen molar-refractivity contribution >= 4 is 21.8 Å². The molecule has 2 atom stereocenters. The van der Waals surface area contributed by atoms with E-state index < -0.39 is 11.7 Å². The van der Waals surface area contributed by atoms with Crippen LogP contribution in [0.5, 0.6) is 0 Å². The van der Waals surface area contributed by atoms with Crippen LogP contribution in [0.15, 0.2) is 42.5 Å². The molecule has 3 nitrogen and oxygen atoms in total. The number of H-pyrrole nitrogens is 1. The van der Waals surface area contributed by atoms with Crippen LogP contribution in [0.2, 0.25) is 0 Å². The van der Waals surface area contributed by atoms with Gasteiger partial charge in [-0.1, -0.05) is 24.3 Å². The number of para-hydroxylation sites is 1. The molecule has 0 bridgehead atoms. The van der Waals surface area contributed by atoms with Gasteiger partial charge in [-0.05, 0) is 43.5 Å². The largest absolute Gasteiger partial charge is 0.385 e. The quantitative estimate of drug-likeness (QED) is 0.747. The van der Waals surface area contributed by atoms with Gasteiger partial charge >= 0.3 is 0 Å². The highest BCUT2D eigenvalue weighted by Gasteiger charge is 2.38. The van der Waals surface area contributed by atoms with Crippen molar-refractivity contribution in [2.24, 2.45) is 0 Å². The highest BCUT2D eigenvalue weighted by Crippen LogP contribution is 2.38. The van der Waals surface area contributed by atoms with Crippen LogP contribution in [0, 0.1) is 0 Å². The van der Waals surface area contributed by atoms with Crippen LogP contribution in [0.1, 0.15) is 31.4 Å². The molecule has 1 saturated heterocycles. The topological polar surface area (TPSA) is 45.2 Å². The molecule has 2 heterocycles. The number of aromatic nitrogens is 1. The summed E-state index contributed by atoms with van der Waals surface area (Å²) in [6.45, 7) is 2.74. The SMILES string of the molecule is CC1(C(O)c2ccc3[nH]c4ccccc4c3c2)CCCO1. The zero-order valence-corrected chi connectivity index (χ0v) is 12.1. The van der Waals surface area contributed by atoms with E-state index in [1.807, 2.05) is 31.2 Å². The lowest BCUT2D eigenvalue weighted by Gasteiger charge is -2.29. The minimum absolute atomic E-state index is 0.459. The lowest BCUT2D eigenvalue weighted by molar-refractivity contribution is -0.0795. The molecule has 1 aliphatic rings. The molecule has 2 aromatic carbocycles. The molecule has 0 saturated carbocycles. The first-order valence-electron chi connectivity index (χ1n) is 7.50. The fourth-order valence-corrected chi connectivity index (χ4v) is 3.40. The Morgan fingerprint density at radius 1 is 1.14 bits per heavy atom. The van der Waals surface area contributed by atoms with Crippen LogP contribution >= 0.6 is 0 Å². The zero-order chi connectivity index (χ0) is 14.4. The fourth-order valence-electron chi connectivity index (χ4n) is 3.40. The molecule has 2 N–H and O–H groups in total. The van der Waals surface area contributed by atoms with E-state index in [0.29, 0.717) is 0 Å². The summed E-state index contributed by atoms with van der Waals surface area (Å²) in [5, 5.41) is 13.1. The van der Waals surface area contributed by atoms with Crippen LogP contribution in [0.4, 0.5) is 0 Å². The Kier molecular flexibility index (Phi) is 2.81. The van der Waals surface area contributed by atoms with E-state index in [-0.39, 0.29) is 0 Å². The number of fused-ring (bicyclic) bond motifs is 3. The van der Waals surface area contributed by atoms with Crippen LogP contribution in [0.25, 0.3) is 21.8 Å². The number of aromatic amines is 1. The van der Waals surface area contributed by atoms with Gasteiger partial charge in [-0.25, -0.2) is 0 Å². The Labute approximate surface area is 123 Å². The highest BCUT2D eigenvalue weighted by molar-refractivity contribution is 6.07. The van der Waals surface area contributed by atoms with Gasteiger partial charge in [0.05, 0.1) is 5.60 Å². The number of ether oxygens (including phenoxy) is 1. The average Bonchev–Trinajstić information content (AvgIpc) is 3.10. The Hall–Kier alpha value is -1.84. The molecule has 1 aromatic heterocycles. The van der Waals surface area contributed by atoms with E-state index in [0.717, 1.165) is 41.4 Å². The Balaban J connectivity index is 1.84. The van der Waals surface area contributed by atoms with Crippen molar-refractivity contribution in [3.63, 3.8) is 0 Å². The van der Waals surface area contributed by atoms with Gasteiger partial charge in [0.15, 0.2) is 0 Å². The number of hydrogen-bond acceptors (Lipinski definition) is 2. The average molecular weight is 281 g/mol. The van der Waals surface area contributed by atoms with E-state index in [1.165, 1.54) is 5.39 Å². The van der Waals surface area contributed by atoms with E-state index in [4.69, 9.17) is 4.74 Å². The maximum atomic E-state index is 10.7. The molecule has 21 heavy (non-hydrogen) atoms. The minimum atomic E-state index is -0.585. The predicted octanol–water partition coefficient (Wildman–Crippen LogP) is 3.92. The normalized spacial score (nSPS) is 23.9. The summed E-state index contributed by atoms with van der Waals surface area (Å²) < 4.78 is 5.78. The van der Waals surface area contributed by atoms with E-state index >= 15 is 0 Å². The predicted molar refractivity (Wildman–Crippen MR) is 84.4 cm³/mol. The minimum Gasteiger partial charge on any atom is -0.385 e. The van der Waals surface area contributed by atoms with Crippen molar-refractivity contribution in [1.82, 2.24) is 4.98 Å². The molecule has 4 rings (SSSR count). The molecule has 2 unspecified atom stereocenters. The molecule has 0 amide bonds. The van der Waals surface area contributed by atoms with Gasteiger partial charge in [-0.3, -0.25) is 0 Å². The maximum Gasteiger partial charge on any atom is 0.108 e. The van der Waals surface area contributed by atoms with E-state index in [2.05, 4.69) is 23.2 Å². The lowest BCUT2D eigenvalue weighted by Crippen LogP contribution is -2.31. The van der Waals surface area contributed by atoms with Gasteiger partial charge in [0.2, 0.25) is 0 Å². The summed E-state index contributed by atoms with van der Waals surface area (Å²) in [7, 11) is 0. The second-order valence-corrected chi connectivity index (χ2v) is 6.14. The summed E-state index contributed by atoms with van der Waals surface area (Å²) >= 11 is 0. The molecular weight excluding hydrogens is 262 g/mol. The third-order valence-electron chi connectivity index (χ3n) is 4.67. The maximum absolute atomic E-state index is 10.7. The Bertz CT molecular complexity index is 799. The summed E-state index contributed by atoms with van der Waals surface area (Å²) in [4.78, 5) is 3.41. The number of hydrogen-bond donors (Lipinski definition) is 2. The summed E-state index contributed by atoms with van der Waals surface area (Å²) in [6, 6.07) is 14.4. The third-order valence-corrected chi connectivity index (χ3v) is 4.67. The Morgan fingerprint density at radius 2 is 1.95 bits per heavy atom. The van der Waals surface area contributed by atoms with Gasteiger partial charge < -0.3 is 14.8 Å². The zero-order valence-electron chi connectivity index (χ0n) is 12.1. The van der Waals surface area contributed by atoms with Gasteiger partial charge in [-0.2, -0.15) is 0 Å². The smallest absolute Gasteiger partial charge is 0.108 e. The third kappa shape index (κ3) is 1.96. The molecule has 3 heteroatoms. The van der Waals surface area contributed by atoms with E-state index in [1.54, 1.807) is 0 Å². The van der Waals surface area contributed by atoms with Crippen molar-refractivity contribution in [2.75, 3.05) is 6.61 Å². The molecule has 1 aliphatic heterocycles. The number of rotatable bonds is 2. The number of nitrogens with one attached hydrogen (secondary N) is 1. The van der Waals surface area contributed by atoms with Gasteiger partial charge in [-0.15, -0.1) is 0 Å². The van der Waals surface area contributed by atoms with Crippen LogP contribution in [0.3, 0.4) is 0 Å². The van der Waals surface area contributed by atoms with Crippen LogP contribution < -0.4 is 0 Å². The first-order chi connectivity index (χ1) is 10.2. The molecule has 3 aromatic rings. The second-order valence-electron chi connectivity index (χ2n) is 6.14. The summed E-state index contributed by atoms with van der Waals surface area (Å²) in [6.07, 6.45) is 1.33. The summed E-state index contributed by atoms with van der Waals surface area (Å²) in [5.41, 5.74) is 2.70. The van der Waals surface area contributed by atoms with Crippen molar-refractivity contribution in [3.8, 4) is 0 Å². The first kappa shape index (κ1) is 12.9. The fraction of sp³-hybridized carbons (Fsp3) is 0.333. The van der Waals surface area contributed by atoms with Crippen molar-refractivity contribution in [3.05, 3.63) is 48.0 Å². The van der Waals surface area contributed by atoms with Crippen LogP contribution in [-0.4, -0.2) is 22.3 Å². The first-order valence-corrected chi connectivity index (χ1v) is 7.50. The van der Waals surface area contributed by atoms with Gasteiger partial charge in [0.25, 0.3) is 0 Å². The number of aliphatic hydroxyl groups is 1. The van der Waals surface area contributed by atoms with Crippen LogP contribution in [-0.2, 0) is 4.74 Å². The van der Waals surface area contributed by atoms with Crippen molar-refractivity contribution in [2.45, 2.75) is 31.5 Å². The molecule has 0 spiro atoms. The monoisotopic (exact) mass is 281 g/mol. The number of aliphatic hydroxyl groups excluding tert-OH is 1. The molecule has 108 valence electrons. The lowest BCUT2D eigenvalue weighted by atomic mass is 9.89. The van der Waals surface area contributed by atoms with Gasteiger partial charge in [0, 0.05) is 28.4 Å². The molecular formula is C18H19NO2. The highest BCUT2D eigenvalue weighted by atomic mass is 16.5. The van der Waals surface area contributed by atoms with Crippen molar-refractivity contribution < 1.29 is 9.84 Å². The Morgan fingerprint density at radius 3 is 2.76 bits per heavy atom. The summed E-state index contributed by atoms with van der Waals surface area (Å²) in [5.74, 6) is 0. The standard InChI is InChI=1S/C18H19NO2/c1-18(9-4-10-21-18)17(20)12-7-8-16-14(11-12)13-5-2-3-6-15(13)19-16/h2-3,5-8,11,17,19-20H,4,9-10H2,1H3. The molecule has 0 aliphatic carbocycles. The second kappa shape index (κ2) is 4.58. The molecule has 1 fully saturated rings. The number of benzene rings is 2. The van der Waals surface area contributed by atoms with Gasteiger partial charge in [0.1, 0.15) is 6.10 Å². The van der Waals surface area contributed by atoms with Crippen molar-refractivity contribution in [1.29, 1.82) is 0 Å².